The number of alkyl halides is 3. The molecule has 2 amide bonds. The van der Waals surface area contributed by atoms with Crippen LogP contribution in [0.5, 0.6) is 0 Å². The van der Waals surface area contributed by atoms with Gasteiger partial charge in [0.15, 0.2) is 0 Å². The number of rotatable bonds is 4. The van der Waals surface area contributed by atoms with Gasteiger partial charge in [-0.05, 0) is 18.9 Å². The van der Waals surface area contributed by atoms with Crippen molar-refractivity contribution in [3.05, 3.63) is 63.7 Å². The van der Waals surface area contributed by atoms with Gasteiger partial charge in [0, 0.05) is 55.5 Å². The van der Waals surface area contributed by atoms with Crippen LogP contribution in [0.2, 0.25) is 0 Å². The van der Waals surface area contributed by atoms with Crippen LogP contribution in [-0.2, 0) is 11.3 Å². The highest BCUT2D eigenvalue weighted by molar-refractivity contribution is 5.95. The van der Waals surface area contributed by atoms with Gasteiger partial charge in [-0.15, -0.1) is 0 Å². The zero-order valence-electron chi connectivity index (χ0n) is 18.7. The Hall–Kier alpha value is -3.77. The molecule has 0 saturated carbocycles. The van der Waals surface area contributed by atoms with Crippen molar-refractivity contribution in [3.8, 4) is 0 Å². The van der Waals surface area contributed by atoms with Gasteiger partial charge in [0.05, 0.1) is 16.6 Å². The maximum absolute atomic E-state index is 14.8. The van der Waals surface area contributed by atoms with Crippen LogP contribution in [0.15, 0.2) is 35.3 Å². The molecule has 13 heteroatoms. The topological polar surface area (TPSA) is 91.3 Å². The summed E-state index contributed by atoms with van der Waals surface area (Å²) < 4.78 is 69.8. The van der Waals surface area contributed by atoms with E-state index in [1.807, 2.05) is 0 Å². The van der Waals surface area contributed by atoms with E-state index in [9.17, 15) is 36.3 Å². The number of aromatic amines is 1. The Bertz CT molecular complexity index is 1410. The molecule has 8 nitrogen and oxygen atoms in total. The summed E-state index contributed by atoms with van der Waals surface area (Å²) in [7, 11) is 0. The van der Waals surface area contributed by atoms with Crippen molar-refractivity contribution in [1.82, 2.24) is 24.6 Å². The molecule has 2 aromatic heterocycles. The molecule has 0 unspecified atom stereocenters. The van der Waals surface area contributed by atoms with E-state index in [0.717, 1.165) is 21.7 Å². The predicted molar refractivity (Wildman–Crippen MR) is 116 cm³/mol. The second kappa shape index (κ2) is 8.71. The van der Waals surface area contributed by atoms with E-state index in [1.165, 1.54) is 17.2 Å². The first kappa shape index (κ1) is 23.9. The lowest BCUT2D eigenvalue weighted by Gasteiger charge is -2.38. The quantitative estimate of drug-likeness (QED) is 0.548. The summed E-state index contributed by atoms with van der Waals surface area (Å²) in [6, 6.07) is 2.33. The lowest BCUT2D eigenvalue weighted by molar-refractivity contribution is -0.183. The number of likely N-dealkylation sites (tertiary alicyclic amines) is 2. The minimum atomic E-state index is -4.58. The van der Waals surface area contributed by atoms with E-state index in [4.69, 9.17) is 0 Å². The van der Waals surface area contributed by atoms with Crippen molar-refractivity contribution in [2.75, 3.05) is 19.6 Å². The van der Waals surface area contributed by atoms with Gasteiger partial charge < -0.3 is 14.8 Å². The van der Waals surface area contributed by atoms with E-state index >= 15 is 0 Å². The highest BCUT2D eigenvalue weighted by atomic mass is 19.4. The van der Waals surface area contributed by atoms with Gasteiger partial charge >= 0.3 is 6.18 Å². The fourth-order valence-electron chi connectivity index (χ4n) is 4.86. The second-order valence-electron chi connectivity index (χ2n) is 8.96. The van der Waals surface area contributed by atoms with Crippen molar-refractivity contribution in [1.29, 1.82) is 0 Å². The zero-order valence-corrected chi connectivity index (χ0v) is 18.7. The average Bonchev–Trinajstić information content (AvgIpc) is 3.39. The van der Waals surface area contributed by atoms with Crippen molar-refractivity contribution in [3.63, 3.8) is 0 Å². The standard InChI is InChI=1S/C23H20F5N5O3/c24-14-7-15(25)20-16(8-14)33(11-19(35)32-5-1-2-17(32)23(26,27)28)30-21(20)13-9-31(10-13)22(36)12-3-4-29-18(34)6-12/h3-4,6-8,13,17H,1-2,5,9-11H2,(H,29,34)/t17-/m0/s1. The van der Waals surface area contributed by atoms with Gasteiger partial charge in [-0.1, -0.05) is 0 Å². The van der Waals surface area contributed by atoms with Gasteiger partial charge in [-0.25, -0.2) is 8.78 Å². The molecule has 0 aliphatic carbocycles. The summed E-state index contributed by atoms with van der Waals surface area (Å²) in [5.74, 6) is -3.56. The van der Waals surface area contributed by atoms with E-state index < -0.39 is 53.7 Å². The third-order valence-electron chi connectivity index (χ3n) is 6.61. The number of aromatic nitrogens is 3. The van der Waals surface area contributed by atoms with Gasteiger partial charge in [0.2, 0.25) is 11.5 Å². The first-order chi connectivity index (χ1) is 17.0. The van der Waals surface area contributed by atoms with Crippen LogP contribution in [-0.4, -0.2) is 68.2 Å². The van der Waals surface area contributed by atoms with Gasteiger partial charge in [0.1, 0.15) is 24.2 Å². The minimum Gasteiger partial charge on any atom is -0.337 e. The van der Waals surface area contributed by atoms with Crippen LogP contribution in [0.3, 0.4) is 0 Å². The van der Waals surface area contributed by atoms with Gasteiger partial charge in [0.25, 0.3) is 5.91 Å². The number of nitrogens with one attached hydrogen (secondary N) is 1. The summed E-state index contributed by atoms with van der Waals surface area (Å²) in [6.45, 7) is -0.427. The third-order valence-corrected chi connectivity index (χ3v) is 6.61. The van der Waals surface area contributed by atoms with Gasteiger partial charge in [-0.2, -0.15) is 18.3 Å². The number of fused-ring (bicyclic) bond motifs is 1. The number of benzene rings is 1. The number of pyridine rings is 1. The fourth-order valence-corrected chi connectivity index (χ4v) is 4.86. The smallest absolute Gasteiger partial charge is 0.337 e. The molecular formula is C23H20F5N5O3. The monoisotopic (exact) mass is 509 g/mol. The molecule has 2 saturated heterocycles. The molecule has 5 rings (SSSR count). The molecule has 4 heterocycles. The first-order valence-electron chi connectivity index (χ1n) is 11.2. The number of hydrogen-bond acceptors (Lipinski definition) is 4. The van der Waals surface area contributed by atoms with E-state index in [0.29, 0.717) is 6.07 Å². The molecule has 190 valence electrons. The number of H-pyrrole nitrogens is 1. The van der Waals surface area contributed by atoms with Crippen LogP contribution in [0.4, 0.5) is 22.0 Å². The lowest BCUT2D eigenvalue weighted by Crippen LogP contribution is -2.49. The van der Waals surface area contributed by atoms with E-state index in [1.54, 1.807) is 0 Å². The molecule has 2 fully saturated rings. The van der Waals surface area contributed by atoms with Crippen LogP contribution < -0.4 is 5.56 Å². The van der Waals surface area contributed by atoms with Crippen LogP contribution in [0.1, 0.15) is 34.8 Å². The highest BCUT2D eigenvalue weighted by Crippen LogP contribution is 2.36. The molecule has 0 spiro atoms. The number of amides is 2. The minimum absolute atomic E-state index is 0.0498. The molecule has 3 aromatic rings. The largest absolute Gasteiger partial charge is 0.408 e. The molecule has 0 radical (unpaired) electrons. The van der Waals surface area contributed by atoms with Crippen molar-refractivity contribution in [2.45, 2.75) is 37.5 Å². The Labute approximate surface area is 200 Å². The molecule has 0 bridgehead atoms. The number of nitrogens with zero attached hydrogens (tertiary/aromatic N) is 4. The molecule has 2 aliphatic rings. The fraction of sp³-hybridized carbons (Fsp3) is 0.391. The maximum Gasteiger partial charge on any atom is 0.408 e. The zero-order chi connectivity index (χ0) is 25.8. The Morgan fingerprint density at radius 1 is 1.14 bits per heavy atom. The molecule has 36 heavy (non-hydrogen) atoms. The van der Waals surface area contributed by atoms with Crippen molar-refractivity contribution >= 4 is 22.7 Å². The summed E-state index contributed by atoms with van der Waals surface area (Å²) in [5, 5.41) is 4.23. The SMILES string of the molecule is O=C(c1cc[nH]c(=O)c1)N1CC(c2nn(CC(=O)N3CCC[C@H]3C(F)(F)F)c3cc(F)cc(F)c23)C1. The Morgan fingerprint density at radius 2 is 1.89 bits per heavy atom. The maximum atomic E-state index is 14.8. The number of hydrogen-bond donors (Lipinski definition) is 1. The summed E-state index contributed by atoms with van der Waals surface area (Å²) in [4.78, 5) is 41.4. The van der Waals surface area contributed by atoms with Crippen LogP contribution >= 0.6 is 0 Å². The highest BCUT2D eigenvalue weighted by Gasteiger charge is 2.47. The summed E-state index contributed by atoms with van der Waals surface area (Å²) in [6.07, 6.45) is -3.24. The molecule has 1 atom stereocenters. The van der Waals surface area contributed by atoms with Gasteiger partial charge in [-0.3, -0.25) is 19.1 Å². The Kier molecular flexibility index (Phi) is 5.80. The predicted octanol–water partition coefficient (Wildman–Crippen LogP) is 2.80. The van der Waals surface area contributed by atoms with Crippen molar-refractivity contribution in [2.24, 2.45) is 0 Å². The molecule has 2 aliphatic heterocycles. The average molecular weight is 509 g/mol. The lowest BCUT2D eigenvalue weighted by atomic mass is 9.93. The molecule has 1 N–H and O–H groups in total. The Balaban J connectivity index is 1.41. The van der Waals surface area contributed by atoms with E-state index in [-0.39, 0.29) is 54.6 Å². The summed E-state index contributed by atoms with van der Waals surface area (Å²) in [5.41, 5.74) is -0.143. The molecular weight excluding hydrogens is 489 g/mol. The van der Waals surface area contributed by atoms with E-state index in [2.05, 4.69) is 10.1 Å². The molecule has 1 aromatic carbocycles. The summed E-state index contributed by atoms with van der Waals surface area (Å²) >= 11 is 0. The Morgan fingerprint density at radius 3 is 2.58 bits per heavy atom. The third kappa shape index (κ3) is 4.22. The first-order valence-corrected chi connectivity index (χ1v) is 11.2. The van der Waals surface area contributed by atoms with Crippen LogP contribution in [0.25, 0.3) is 10.9 Å². The number of halogens is 5. The normalized spacial score (nSPS) is 18.6. The van der Waals surface area contributed by atoms with Crippen LogP contribution in [0, 0.1) is 11.6 Å². The second-order valence-corrected chi connectivity index (χ2v) is 8.96. The van der Waals surface area contributed by atoms with Crippen molar-refractivity contribution < 1.29 is 31.5 Å². The number of carbonyl (C=O) groups excluding carboxylic acids is 2. The number of carbonyl (C=O) groups is 2.